The molecule has 0 aromatic carbocycles. The molecule has 2 aromatic rings. The van der Waals surface area contributed by atoms with Crippen LogP contribution < -0.4 is 5.32 Å². The maximum atomic E-state index is 12.6. The second-order valence-corrected chi connectivity index (χ2v) is 6.81. The summed E-state index contributed by atoms with van der Waals surface area (Å²) in [6, 6.07) is 1.90. The zero-order valence-corrected chi connectivity index (χ0v) is 15.6. The number of carbonyl (C=O) groups excluding carboxylic acids is 1. The molecule has 0 bridgehead atoms. The van der Waals surface area contributed by atoms with Gasteiger partial charge in [0.05, 0.1) is 11.3 Å². The summed E-state index contributed by atoms with van der Waals surface area (Å²) in [7, 11) is 0. The summed E-state index contributed by atoms with van der Waals surface area (Å²) >= 11 is 0. The Morgan fingerprint density at radius 2 is 1.88 bits per heavy atom. The minimum absolute atomic E-state index is 0.0998. The van der Waals surface area contributed by atoms with Crippen LogP contribution in [-0.2, 0) is 0 Å². The first kappa shape index (κ1) is 19.1. The van der Waals surface area contributed by atoms with Gasteiger partial charge in [0.1, 0.15) is 0 Å². The molecular formula is C18H27N5O2. The normalized spacial score (nSPS) is 12.4. The number of carbonyl (C=O) groups is 1. The van der Waals surface area contributed by atoms with E-state index in [1.54, 1.807) is 10.9 Å². The molecule has 2 rings (SSSR count). The third kappa shape index (κ3) is 4.85. The molecule has 0 saturated carbocycles. The molecule has 0 aliphatic heterocycles. The van der Waals surface area contributed by atoms with Gasteiger partial charge in [0.15, 0.2) is 0 Å². The number of hydrogen-bond acceptors (Lipinski definition) is 5. The summed E-state index contributed by atoms with van der Waals surface area (Å²) in [5, 5.41) is 16.4. The summed E-state index contributed by atoms with van der Waals surface area (Å²) in [5.74, 6) is 0.619. The molecule has 1 unspecified atom stereocenters. The Morgan fingerprint density at radius 3 is 2.44 bits per heavy atom. The Morgan fingerprint density at radius 1 is 1.24 bits per heavy atom. The largest absolute Gasteiger partial charge is 0.396 e. The van der Waals surface area contributed by atoms with Crippen molar-refractivity contribution in [3.63, 3.8) is 0 Å². The van der Waals surface area contributed by atoms with Gasteiger partial charge in [0, 0.05) is 30.7 Å². The van der Waals surface area contributed by atoms with Gasteiger partial charge in [0.2, 0.25) is 0 Å². The van der Waals surface area contributed by atoms with Gasteiger partial charge in [-0.3, -0.25) is 4.79 Å². The smallest absolute Gasteiger partial charge is 0.254 e. The number of hydrogen-bond donors (Lipinski definition) is 2. The maximum Gasteiger partial charge on any atom is 0.254 e. The van der Waals surface area contributed by atoms with E-state index in [0.29, 0.717) is 24.5 Å². The Hall–Kier alpha value is -2.28. The van der Waals surface area contributed by atoms with Crippen molar-refractivity contribution < 1.29 is 9.90 Å². The lowest BCUT2D eigenvalue weighted by Gasteiger charge is -2.11. The van der Waals surface area contributed by atoms with Crippen LogP contribution in [0.1, 0.15) is 60.5 Å². The summed E-state index contributed by atoms with van der Waals surface area (Å²) in [6.45, 7) is 10.4. The predicted octanol–water partition coefficient (Wildman–Crippen LogP) is 2.15. The first-order valence-corrected chi connectivity index (χ1v) is 8.63. The highest BCUT2D eigenvalue weighted by Crippen LogP contribution is 2.19. The second-order valence-electron chi connectivity index (χ2n) is 6.81. The average Bonchev–Trinajstić information content (AvgIpc) is 2.97. The number of nitrogens with one attached hydrogen (secondary N) is 1. The summed E-state index contributed by atoms with van der Waals surface area (Å²) < 4.78 is 1.57. The Labute approximate surface area is 148 Å². The minimum Gasteiger partial charge on any atom is -0.396 e. The Bertz CT molecular complexity index is 719. The van der Waals surface area contributed by atoms with Crippen molar-refractivity contribution in [3.8, 4) is 5.95 Å². The highest BCUT2D eigenvalue weighted by Gasteiger charge is 2.20. The number of aromatic nitrogens is 4. The van der Waals surface area contributed by atoms with Crippen molar-refractivity contribution in [2.24, 2.45) is 5.92 Å². The lowest BCUT2D eigenvalue weighted by Crippen LogP contribution is -2.29. The van der Waals surface area contributed by atoms with E-state index in [1.807, 2.05) is 40.7 Å². The SMILES string of the molecule is Cc1cc(C)nc(-n2cc(C(=O)NCC(C)CCO)c(C(C)C)n2)n1. The molecule has 7 nitrogen and oxygen atoms in total. The molecule has 0 spiro atoms. The molecule has 0 fully saturated rings. The highest BCUT2D eigenvalue weighted by atomic mass is 16.3. The zero-order valence-electron chi connectivity index (χ0n) is 15.6. The van der Waals surface area contributed by atoms with E-state index in [0.717, 1.165) is 17.1 Å². The van der Waals surface area contributed by atoms with Gasteiger partial charge in [-0.05, 0) is 38.2 Å². The zero-order chi connectivity index (χ0) is 18.6. The third-order valence-electron chi connectivity index (χ3n) is 3.94. The number of aliphatic hydroxyl groups excluding tert-OH is 1. The first-order valence-electron chi connectivity index (χ1n) is 8.63. The molecule has 25 heavy (non-hydrogen) atoms. The van der Waals surface area contributed by atoms with Crippen LogP contribution in [-0.4, -0.2) is 43.9 Å². The van der Waals surface area contributed by atoms with E-state index in [4.69, 9.17) is 5.11 Å². The number of aryl methyl sites for hydroxylation is 2. The Kier molecular flexibility index (Phi) is 6.25. The van der Waals surface area contributed by atoms with Crippen molar-refractivity contribution in [1.82, 2.24) is 25.1 Å². The topological polar surface area (TPSA) is 92.9 Å². The molecule has 1 atom stereocenters. The highest BCUT2D eigenvalue weighted by molar-refractivity contribution is 5.95. The molecule has 0 aliphatic rings. The van der Waals surface area contributed by atoms with Gasteiger partial charge in [-0.1, -0.05) is 20.8 Å². The van der Waals surface area contributed by atoms with Crippen molar-refractivity contribution >= 4 is 5.91 Å². The Balaban J connectivity index is 2.28. The summed E-state index contributed by atoms with van der Waals surface area (Å²) in [4.78, 5) is 21.4. The number of amides is 1. The van der Waals surface area contributed by atoms with Gasteiger partial charge in [-0.2, -0.15) is 5.10 Å². The standard InChI is InChI=1S/C18H27N5O2/c1-11(2)16-15(17(25)19-9-12(3)6-7-24)10-23(22-16)18-20-13(4)8-14(5)21-18/h8,10-12,24H,6-7,9H2,1-5H3,(H,19,25). The van der Waals surface area contributed by atoms with E-state index >= 15 is 0 Å². The van der Waals surface area contributed by atoms with Gasteiger partial charge in [-0.25, -0.2) is 14.6 Å². The number of nitrogens with zero attached hydrogens (tertiary/aromatic N) is 4. The van der Waals surface area contributed by atoms with Gasteiger partial charge in [0.25, 0.3) is 11.9 Å². The molecule has 0 saturated heterocycles. The fraction of sp³-hybridized carbons (Fsp3) is 0.556. The molecule has 2 N–H and O–H groups in total. The molecule has 0 radical (unpaired) electrons. The molecule has 7 heteroatoms. The van der Waals surface area contributed by atoms with Crippen LogP contribution in [0.15, 0.2) is 12.3 Å². The van der Waals surface area contributed by atoms with Gasteiger partial charge in [-0.15, -0.1) is 0 Å². The summed E-state index contributed by atoms with van der Waals surface area (Å²) in [6.07, 6.45) is 2.35. The van der Waals surface area contributed by atoms with Crippen LogP contribution in [0.3, 0.4) is 0 Å². The molecule has 2 heterocycles. The average molecular weight is 345 g/mol. The number of rotatable bonds is 7. The molecule has 2 aromatic heterocycles. The van der Waals surface area contributed by atoms with Crippen LogP contribution in [0.5, 0.6) is 0 Å². The van der Waals surface area contributed by atoms with E-state index in [9.17, 15) is 4.79 Å². The molecule has 0 aliphatic carbocycles. The monoisotopic (exact) mass is 345 g/mol. The van der Waals surface area contributed by atoms with Crippen LogP contribution >= 0.6 is 0 Å². The van der Waals surface area contributed by atoms with Gasteiger partial charge >= 0.3 is 0 Å². The predicted molar refractivity (Wildman–Crippen MR) is 95.9 cm³/mol. The molecule has 1 amide bonds. The lowest BCUT2D eigenvalue weighted by atomic mass is 10.1. The summed E-state index contributed by atoms with van der Waals surface area (Å²) in [5.41, 5.74) is 2.96. The molecule has 136 valence electrons. The van der Waals surface area contributed by atoms with Crippen LogP contribution in [0, 0.1) is 19.8 Å². The fourth-order valence-electron chi connectivity index (χ4n) is 2.59. The quantitative estimate of drug-likeness (QED) is 0.802. The van der Waals surface area contributed by atoms with Crippen LogP contribution in [0.25, 0.3) is 5.95 Å². The van der Waals surface area contributed by atoms with Gasteiger partial charge < -0.3 is 10.4 Å². The molecular weight excluding hydrogens is 318 g/mol. The second kappa shape index (κ2) is 8.20. The maximum absolute atomic E-state index is 12.6. The minimum atomic E-state index is -0.163. The van der Waals surface area contributed by atoms with E-state index in [-0.39, 0.29) is 24.3 Å². The van der Waals surface area contributed by atoms with Crippen LogP contribution in [0.2, 0.25) is 0 Å². The van der Waals surface area contributed by atoms with E-state index in [2.05, 4.69) is 20.4 Å². The van der Waals surface area contributed by atoms with Crippen molar-refractivity contribution in [2.45, 2.75) is 47.0 Å². The third-order valence-corrected chi connectivity index (χ3v) is 3.94. The van der Waals surface area contributed by atoms with E-state index < -0.39 is 0 Å². The van der Waals surface area contributed by atoms with Crippen LogP contribution in [0.4, 0.5) is 0 Å². The number of aliphatic hydroxyl groups is 1. The van der Waals surface area contributed by atoms with E-state index in [1.165, 1.54) is 0 Å². The first-order chi connectivity index (χ1) is 11.8. The van der Waals surface area contributed by atoms with Crippen molar-refractivity contribution in [3.05, 3.63) is 34.9 Å². The van der Waals surface area contributed by atoms with Crippen molar-refractivity contribution in [2.75, 3.05) is 13.2 Å². The lowest BCUT2D eigenvalue weighted by molar-refractivity contribution is 0.0944. The van der Waals surface area contributed by atoms with Crippen molar-refractivity contribution in [1.29, 1.82) is 0 Å². The fourth-order valence-corrected chi connectivity index (χ4v) is 2.59.